The zero-order chi connectivity index (χ0) is 10.1. The molecule has 1 aliphatic rings. The summed E-state index contributed by atoms with van der Waals surface area (Å²) in [5.41, 5.74) is -0.152. The van der Waals surface area contributed by atoms with Gasteiger partial charge in [-0.3, -0.25) is 0 Å². The molecule has 74 valence electrons. The van der Waals surface area contributed by atoms with Gasteiger partial charge in [-0.15, -0.1) is 0 Å². The second-order valence-electron chi connectivity index (χ2n) is 3.66. The maximum atomic E-state index is 12.1. The summed E-state index contributed by atoms with van der Waals surface area (Å²) in [5, 5.41) is 11.0. The van der Waals surface area contributed by atoms with Gasteiger partial charge >= 0.3 is 6.18 Å². The molecule has 0 aromatic heterocycles. The molecule has 0 heterocycles. The number of nitrogens with zero attached hydrogens (tertiary/aromatic N) is 1. The molecule has 0 aromatic rings. The number of nitrogens with one attached hydrogen (secondary N) is 1. The van der Waals surface area contributed by atoms with Gasteiger partial charge in [0.25, 0.3) is 0 Å². The van der Waals surface area contributed by atoms with Crippen LogP contribution in [0.1, 0.15) is 19.8 Å². The van der Waals surface area contributed by atoms with E-state index in [2.05, 4.69) is 5.32 Å². The van der Waals surface area contributed by atoms with Crippen LogP contribution in [0.5, 0.6) is 0 Å². The Balaban J connectivity index is 2.37. The van der Waals surface area contributed by atoms with Crippen LogP contribution in [0.4, 0.5) is 13.2 Å². The highest BCUT2D eigenvalue weighted by molar-refractivity contribution is 5.00. The van der Waals surface area contributed by atoms with Crippen LogP contribution < -0.4 is 5.32 Å². The third-order valence-corrected chi connectivity index (χ3v) is 2.28. The number of hydrogen-bond acceptors (Lipinski definition) is 2. The standard InChI is InChI=1S/C8H11F3N2/c1-7(2-3-7)13-5-6(4-12)8(9,10)11/h6,13H,2-3,5H2,1H3. The summed E-state index contributed by atoms with van der Waals surface area (Å²) in [4.78, 5) is 0. The average molecular weight is 192 g/mol. The highest BCUT2D eigenvalue weighted by atomic mass is 19.4. The van der Waals surface area contributed by atoms with Gasteiger partial charge in [0, 0.05) is 12.1 Å². The van der Waals surface area contributed by atoms with Crippen molar-refractivity contribution in [3.8, 4) is 6.07 Å². The first-order valence-corrected chi connectivity index (χ1v) is 4.09. The van der Waals surface area contributed by atoms with Crippen molar-refractivity contribution in [2.75, 3.05) is 6.54 Å². The van der Waals surface area contributed by atoms with E-state index >= 15 is 0 Å². The lowest BCUT2D eigenvalue weighted by Gasteiger charge is -2.17. The largest absolute Gasteiger partial charge is 0.405 e. The van der Waals surface area contributed by atoms with Crippen molar-refractivity contribution in [3.63, 3.8) is 0 Å². The van der Waals surface area contributed by atoms with Gasteiger partial charge in [-0.05, 0) is 19.8 Å². The van der Waals surface area contributed by atoms with Crippen molar-refractivity contribution in [2.45, 2.75) is 31.5 Å². The van der Waals surface area contributed by atoms with Crippen LogP contribution in [0, 0.1) is 17.2 Å². The fourth-order valence-electron chi connectivity index (χ4n) is 0.947. The maximum Gasteiger partial charge on any atom is 0.405 e. The molecule has 0 aliphatic heterocycles. The lowest BCUT2D eigenvalue weighted by molar-refractivity contribution is -0.158. The number of rotatable bonds is 3. The Labute approximate surface area is 74.7 Å². The molecule has 1 rings (SSSR count). The van der Waals surface area contributed by atoms with Crippen molar-refractivity contribution in [1.29, 1.82) is 5.26 Å². The number of hydrogen-bond donors (Lipinski definition) is 1. The second kappa shape index (κ2) is 3.18. The summed E-state index contributed by atoms with van der Waals surface area (Å²) in [6.07, 6.45) is -2.63. The van der Waals surface area contributed by atoms with Gasteiger partial charge in [0.2, 0.25) is 0 Å². The minimum absolute atomic E-state index is 0.152. The summed E-state index contributed by atoms with van der Waals surface area (Å²) in [6.45, 7) is 1.56. The van der Waals surface area contributed by atoms with E-state index < -0.39 is 12.1 Å². The Kier molecular flexibility index (Phi) is 2.53. The van der Waals surface area contributed by atoms with Crippen LogP contribution in [-0.4, -0.2) is 18.3 Å². The van der Waals surface area contributed by atoms with Crippen LogP contribution >= 0.6 is 0 Å². The van der Waals surface area contributed by atoms with Crippen LogP contribution in [-0.2, 0) is 0 Å². The Hall–Kier alpha value is -0.760. The first kappa shape index (κ1) is 10.3. The summed E-state index contributed by atoms with van der Waals surface area (Å²) in [6, 6.07) is 1.25. The molecular formula is C8H11F3N2. The van der Waals surface area contributed by atoms with E-state index in [4.69, 9.17) is 5.26 Å². The lowest BCUT2D eigenvalue weighted by Crippen LogP contribution is -2.38. The second-order valence-corrected chi connectivity index (χ2v) is 3.66. The first-order valence-electron chi connectivity index (χ1n) is 4.09. The lowest BCUT2D eigenvalue weighted by atomic mass is 10.1. The van der Waals surface area contributed by atoms with E-state index in [1.165, 1.54) is 6.07 Å². The Bertz CT molecular complexity index is 225. The van der Waals surface area contributed by atoms with Gasteiger partial charge in [0.05, 0.1) is 6.07 Å². The molecular weight excluding hydrogens is 181 g/mol. The van der Waals surface area contributed by atoms with Gasteiger partial charge in [0.1, 0.15) is 0 Å². The van der Waals surface area contributed by atoms with Gasteiger partial charge in [-0.2, -0.15) is 18.4 Å². The van der Waals surface area contributed by atoms with E-state index in [-0.39, 0.29) is 12.1 Å². The molecule has 1 N–H and O–H groups in total. The van der Waals surface area contributed by atoms with E-state index in [0.29, 0.717) is 0 Å². The first-order chi connectivity index (χ1) is 5.87. The fourth-order valence-corrected chi connectivity index (χ4v) is 0.947. The van der Waals surface area contributed by atoms with E-state index in [0.717, 1.165) is 12.8 Å². The third-order valence-electron chi connectivity index (χ3n) is 2.28. The quantitative estimate of drug-likeness (QED) is 0.740. The van der Waals surface area contributed by atoms with Crippen molar-refractivity contribution < 1.29 is 13.2 Å². The summed E-state index contributed by atoms with van der Waals surface area (Å²) in [5.74, 6) is -1.88. The molecule has 0 bridgehead atoms. The van der Waals surface area contributed by atoms with Crippen LogP contribution in [0.2, 0.25) is 0 Å². The molecule has 2 nitrogen and oxygen atoms in total. The molecule has 0 aromatic carbocycles. The molecule has 1 aliphatic carbocycles. The van der Waals surface area contributed by atoms with E-state index in [1.54, 1.807) is 0 Å². The fraction of sp³-hybridized carbons (Fsp3) is 0.875. The topological polar surface area (TPSA) is 35.8 Å². The van der Waals surface area contributed by atoms with E-state index in [1.807, 2.05) is 6.92 Å². The predicted octanol–water partition coefficient (Wildman–Crippen LogP) is 1.83. The molecule has 0 saturated heterocycles. The van der Waals surface area contributed by atoms with Gasteiger partial charge in [-0.1, -0.05) is 0 Å². The Morgan fingerprint density at radius 2 is 2.08 bits per heavy atom. The number of alkyl halides is 3. The highest BCUT2D eigenvalue weighted by Gasteiger charge is 2.43. The van der Waals surface area contributed by atoms with Gasteiger partial charge in [0.15, 0.2) is 5.92 Å². The Morgan fingerprint density at radius 3 is 2.38 bits per heavy atom. The normalized spacial score (nSPS) is 22.1. The number of halogens is 3. The zero-order valence-corrected chi connectivity index (χ0v) is 7.28. The molecule has 0 amide bonds. The van der Waals surface area contributed by atoms with Crippen LogP contribution in [0.25, 0.3) is 0 Å². The Morgan fingerprint density at radius 1 is 1.54 bits per heavy atom. The molecule has 0 spiro atoms. The molecule has 13 heavy (non-hydrogen) atoms. The molecule has 1 fully saturated rings. The van der Waals surface area contributed by atoms with Crippen molar-refractivity contribution >= 4 is 0 Å². The summed E-state index contributed by atoms with van der Waals surface area (Å²) >= 11 is 0. The minimum Gasteiger partial charge on any atom is -0.310 e. The average Bonchev–Trinajstić information content (AvgIpc) is 2.67. The SMILES string of the molecule is CC1(NCC(C#N)C(F)(F)F)CC1. The molecule has 1 unspecified atom stereocenters. The van der Waals surface area contributed by atoms with Crippen molar-refractivity contribution in [3.05, 3.63) is 0 Å². The van der Waals surface area contributed by atoms with Crippen molar-refractivity contribution in [2.24, 2.45) is 5.92 Å². The van der Waals surface area contributed by atoms with Crippen LogP contribution in [0.15, 0.2) is 0 Å². The predicted molar refractivity (Wildman–Crippen MR) is 40.8 cm³/mol. The molecule has 5 heteroatoms. The molecule has 0 radical (unpaired) electrons. The minimum atomic E-state index is -4.41. The molecule has 1 saturated carbocycles. The van der Waals surface area contributed by atoms with Crippen LogP contribution in [0.3, 0.4) is 0 Å². The van der Waals surface area contributed by atoms with E-state index in [9.17, 15) is 13.2 Å². The van der Waals surface area contributed by atoms with Gasteiger partial charge < -0.3 is 5.32 Å². The zero-order valence-electron chi connectivity index (χ0n) is 7.28. The maximum absolute atomic E-state index is 12.1. The summed E-state index contributed by atoms with van der Waals surface area (Å²) < 4.78 is 36.2. The monoisotopic (exact) mass is 192 g/mol. The van der Waals surface area contributed by atoms with Crippen molar-refractivity contribution in [1.82, 2.24) is 5.32 Å². The molecule has 1 atom stereocenters. The third kappa shape index (κ3) is 2.88. The number of nitriles is 1. The highest BCUT2D eigenvalue weighted by Crippen LogP contribution is 2.35. The smallest absolute Gasteiger partial charge is 0.310 e. The summed E-state index contributed by atoms with van der Waals surface area (Å²) in [7, 11) is 0. The van der Waals surface area contributed by atoms with Gasteiger partial charge in [-0.25, -0.2) is 0 Å².